The molecular formula is C20H22N2O4S3. The van der Waals surface area contributed by atoms with Gasteiger partial charge in [0.05, 0.1) is 21.2 Å². The van der Waals surface area contributed by atoms with Crippen LogP contribution >= 0.6 is 24.4 Å². The van der Waals surface area contributed by atoms with Gasteiger partial charge in [0, 0.05) is 17.9 Å². The third kappa shape index (κ3) is 6.74. The Morgan fingerprint density at radius 2 is 1.93 bits per heavy atom. The van der Waals surface area contributed by atoms with Gasteiger partial charge in [0.2, 0.25) is 10.0 Å². The Morgan fingerprint density at radius 3 is 2.55 bits per heavy atom. The summed E-state index contributed by atoms with van der Waals surface area (Å²) in [6.45, 7) is 3.65. The van der Waals surface area contributed by atoms with Gasteiger partial charge in [0.25, 0.3) is 0 Å². The third-order valence-electron chi connectivity index (χ3n) is 3.92. The molecule has 6 nitrogen and oxygen atoms in total. The maximum Gasteiger partial charge on any atom is 0.335 e. The quantitative estimate of drug-likeness (QED) is 0.244. The van der Waals surface area contributed by atoms with Gasteiger partial charge in [-0.25, -0.2) is 22.9 Å². The minimum absolute atomic E-state index is 0.0304. The number of aryl methyl sites for hydroxylation is 1. The Kier molecular flexibility index (Phi) is 8.51. The first kappa shape index (κ1) is 23.2. The lowest BCUT2D eigenvalue weighted by atomic mass is 10.1. The number of thioether (sulfide) groups is 1. The summed E-state index contributed by atoms with van der Waals surface area (Å²) in [6, 6.07) is 13.7. The first-order valence-corrected chi connectivity index (χ1v) is 11.6. The van der Waals surface area contributed by atoms with E-state index in [4.69, 9.17) is 5.11 Å². The average Bonchev–Trinajstić information content (AvgIpc) is 2.70. The molecule has 0 atom stereocenters. The highest BCUT2D eigenvalue weighted by molar-refractivity contribution is 8.13. The van der Waals surface area contributed by atoms with E-state index >= 15 is 0 Å². The maximum absolute atomic E-state index is 12.4. The van der Waals surface area contributed by atoms with E-state index in [0.29, 0.717) is 11.3 Å². The van der Waals surface area contributed by atoms with E-state index in [0.717, 1.165) is 16.3 Å². The minimum Gasteiger partial charge on any atom is -0.478 e. The van der Waals surface area contributed by atoms with Crippen molar-refractivity contribution in [3.63, 3.8) is 0 Å². The van der Waals surface area contributed by atoms with Crippen molar-refractivity contribution < 1.29 is 18.3 Å². The van der Waals surface area contributed by atoms with E-state index in [9.17, 15) is 13.2 Å². The molecule has 0 aromatic heterocycles. The van der Waals surface area contributed by atoms with Gasteiger partial charge in [-0.1, -0.05) is 36.4 Å². The predicted octanol–water partition coefficient (Wildman–Crippen LogP) is 4.05. The summed E-state index contributed by atoms with van der Waals surface area (Å²) in [4.78, 5) is 15.7. The van der Waals surface area contributed by atoms with Crippen LogP contribution in [0.4, 0.5) is 0 Å². The molecule has 0 radical (unpaired) electrons. The Labute approximate surface area is 180 Å². The van der Waals surface area contributed by atoms with Gasteiger partial charge in [0.15, 0.2) is 0 Å². The highest BCUT2D eigenvalue weighted by Crippen LogP contribution is 2.19. The standard InChI is InChI=1S/C20H22N2O4S3/c1-14-8-9-17(12-18(14)20(23)24)29(25,26)21-10-11-28-15(2)22-19(13-27)16-6-4-3-5-7-16/h3-9,12-13,21,27H,10-11H2,1-2H3,(H,23,24)/b19-13-,22-15?. The van der Waals surface area contributed by atoms with Crippen LogP contribution in [0.15, 0.2) is 63.8 Å². The third-order valence-corrected chi connectivity index (χ3v) is 6.55. The number of carboxylic acid groups (broad SMARTS) is 1. The number of aromatic carboxylic acids is 1. The summed E-state index contributed by atoms with van der Waals surface area (Å²) in [5, 5.41) is 11.6. The lowest BCUT2D eigenvalue weighted by molar-refractivity contribution is 0.0696. The van der Waals surface area contributed by atoms with Crippen LogP contribution in [0.3, 0.4) is 0 Å². The van der Waals surface area contributed by atoms with Gasteiger partial charge in [0.1, 0.15) is 0 Å². The van der Waals surface area contributed by atoms with Crippen molar-refractivity contribution >= 4 is 51.1 Å². The zero-order valence-corrected chi connectivity index (χ0v) is 18.5. The van der Waals surface area contributed by atoms with E-state index in [1.165, 1.54) is 30.0 Å². The molecular weight excluding hydrogens is 428 g/mol. The predicted molar refractivity (Wildman–Crippen MR) is 122 cm³/mol. The number of sulfonamides is 1. The summed E-state index contributed by atoms with van der Waals surface area (Å²) in [5.41, 5.74) is 2.14. The van der Waals surface area contributed by atoms with Crippen LogP contribution < -0.4 is 4.72 Å². The minimum atomic E-state index is -3.79. The Balaban J connectivity index is 1.95. The summed E-state index contributed by atoms with van der Waals surface area (Å²) >= 11 is 5.62. The molecule has 0 amide bonds. The fraction of sp³-hybridized carbons (Fsp3) is 0.200. The van der Waals surface area contributed by atoms with Crippen molar-refractivity contribution in [1.29, 1.82) is 0 Å². The van der Waals surface area contributed by atoms with Crippen LogP contribution in [0.2, 0.25) is 0 Å². The van der Waals surface area contributed by atoms with E-state index in [1.807, 2.05) is 37.3 Å². The lowest BCUT2D eigenvalue weighted by Gasteiger charge is -2.09. The summed E-state index contributed by atoms with van der Waals surface area (Å²) in [5.74, 6) is -0.686. The Morgan fingerprint density at radius 1 is 1.24 bits per heavy atom. The topological polar surface area (TPSA) is 95.8 Å². The van der Waals surface area contributed by atoms with Crippen LogP contribution in [0.25, 0.3) is 5.70 Å². The molecule has 2 aromatic carbocycles. The van der Waals surface area contributed by atoms with Gasteiger partial charge in [-0.3, -0.25) is 0 Å². The van der Waals surface area contributed by atoms with Crippen molar-refractivity contribution in [2.45, 2.75) is 18.7 Å². The number of hydrogen-bond donors (Lipinski definition) is 3. The maximum atomic E-state index is 12.4. The molecule has 0 saturated carbocycles. The molecule has 2 rings (SSSR count). The Bertz CT molecular complexity index is 1030. The van der Waals surface area contributed by atoms with Crippen LogP contribution in [0.1, 0.15) is 28.4 Å². The number of carbonyl (C=O) groups is 1. The number of hydrogen-bond acceptors (Lipinski definition) is 6. The summed E-state index contributed by atoms with van der Waals surface area (Å²) < 4.78 is 27.3. The van der Waals surface area contributed by atoms with Crippen LogP contribution in [0.5, 0.6) is 0 Å². The number of carboxylic acids is 1. The molecule has 0 bridgehead atoms. The molecule has 0 fully saturated rings. The SMILES string of the molecule is CC(=N/C(=C\S)c1ccccc1)SCCNS(=O)(=O)c1ccc(C)c(C(=O)O)c1. The van der Waals surface area contributed by atoms with Crippen LogP contribution in [-0.4, -0.2) is 36.8 Å². The van der Waals surface area contributed by atoms with Gasteiger partial charge in [-0.15, -0.1) is 24.4 Å². The highest BCUT2D eigenvalue weighted by atomic mass is 32.2. The van der Waals surface area contributed by atoms with Crippen LogP contribution in [0, 0.1) is 6.92 Å². The normalized spacial score (nSPS) is 12.8. The second-order valence-corrected chi connectivity index (χ2v) is 9.35. The molecule has 0 heterocycles. The zero-order chi connectivity index (χ0) is 21.4. The van der Waals surface area contributed by atoms with E-state index in [-0.39, 0.29) is 17.0 Å². The molecule has 0 unspecified atom stereocenters. The van der Waals surface area contributed by atoms with Crippen molar-refractivity contribution in [3.05, 3.63) is 70.6 Å². The first-order chi connectivity index (χ1) is 13.7. The highest BCUT2D eigenvalue weighted by Gasteiger charge is 2.17. The largest absolute Gasteiger partial charge is 0.478 e. The van der Waals surface area contributed by atoms with Gasteiger partial charge in [-0.2, -0.15) is 0 Å². The van der Waals surface area contributed by atoms with Crippen molar-refractivity contribution in [2.24, 2.45) is 4.99 Å². The molecule has 29 heavy (non-hydrogen) atoms. The van der Waals surface area contributed by atoms with E-state index in [2.05, 4.69) is 22.3 Å². The number of thiol groups is 1. The second kappa shape index (κ2) is 10.6. The van der Waals surface area contributed by atoms with Gasteiger partial charge in [-0.05, 0) is 37.0 Å². The first-order valence-electron chi connectivity index (χ1n) is 8.66. The Hall–Kier alpha value is -2.07. The number of aliphatic imine (C=N–C) groups is 1. The van der Waals surface area contributed by atoms with Gasteiger partial charge < -0.3 is 5.11 Å². The number of benzene rings is 2. The molecule has 0 saturated heterocycles. The molecule has 0 aliphatic carbocycles. The van der Waals surface area contributed by atoms with Crippen molar-refractivity contribution in [3.8, 4) is 0 Å². The molecule has 154 valence electrons. The number of nitrogens with zero attached hydrogens (tertiary/aromatic N) is 1. The summed E-state index contributed by atoms with van der Waals surface area (Å²) in [6.07, 6.45) is 0. The van der Waals surface area contributed by atoms with Crippen molar-refractivity contribution in [2.75, 3.05) is 12.3 Å². The number of nitrogens with one attached hydrogen (secondary N) is 1. The molecule has 0 aliphatic heterocycles. The van der Waals surface area contributed by atoms with Gasteiger partial charge >= 0.3 is 5.97 Å². The van der Waals surface area contributed by atoms with Crippen molar-refractivity contribution in [1.82, 2.24) is 4.72 Å². The monoisotopic (exact) mass is 450 g/mol. The molecule has 9 heteroatoms. The molecule has 0 spiro atoms. The fourth-order valence-corrected chi connectivity index (χ4v) is 4.49. The number of rotatable bonds is 8. The summed E-state index contributed by atoms with van der Waals surface area (Å²) in [7, 11) is -3.79. The lowest BCUT2D eigenvalue weighted by Crippen LogP contribution is -2.26. The molecule has 2 aromatic rings. The van der Waals surface area contributed by atoms with E-state index in [1.54, 1.807) is 12.3 Å². The smallest absolute Gasteiger partial charge is 0.335 e. The van der Waals surface area contributed by atoms with Crippen LogP contribution in [-0.2, 0) is 10.0 Å². The molecule has 0 aliphatic rings. The average molecular weight is 451 g/mol. The second-order valence-electron chi connectivity index (χ2n) is 6.04. The zero-order valence-electron chi connectivity index (χ0n) is 16.0. The fourth-order valence-electron chi connectivity index (χ4n) is 2.44. The molecule has 2 N–H and O–H groups in total. The van der Waals surface area contributed by atoms with E-state index < -0.39 is 16.0 Å².